The Bertz CT molecular complexity index is 307. The molecule has 0 radical (unpaired) electrons. The van der Waals surface area contributed by atoms with E-state index in [1.165, 1.54) is 11.3 Å². The van der Waals surface area contributed by atoms with Gasteiger partial charge in [0.2, 0.25) is 0 Å². The largest absolute Gasteiger partial charge is 0.391 e. The van der Waals surface area contributed by atoms with Crippen molar-refractivity contribution in [2.75, 3.05) is 45.4 Å². The summed E-state index contributed by atoms with van der Waals surface area (Å²) in [6.45, 7) is 3.14. The maximum Gasteiger partial charge on any atom is 0.185 e. The van der Waals surface area contributed by atoms with Crippen molar-refractivity contribution < 1.29 is 14.6 Å². The van der Waals surface area contributed by atoms with Crippen LogP contribution >= 0.6 is 11.3 Å². The number of thiazole rings is 1. The number of nitrogens with zero attached hydrogens (tertiary/aromatic N) is 2. The SMILES string of the molecule is COCCCN(CCOC)c1ncc(CO)s1. The smallest absolute Gasteiger partial charge is 0.185 e. The maximum absolute atomic E-state index is 9.03. The molecular formula is C11H20N2O3S. The van der Waals surface area contributed by atoms with Gasteiger partial charge in [-0.3, -0.25) is 0 Å². The molecule has 1 heterocycles. The number of anilines is 1. The molecule has 5 nitrogen and oxygen atoms in total. The zero-order valence-corrected chi connectivity index (χ0v) is 11.2. The average Bonchev–Trinajstić information content (AvgIpc) is 2.82. The molecule has 1 rings (SSSR count). The van der Waals surface area contributed by atoms with Crippen molar-refractivity contribution in [1.29, 1.82) is 0 Å². The second kappa shape index (κ2) is 8.41. The van der Waals surface area contributed by atoms with Crippen LogP contribution in [0.5, 0.6) is 0 Å². The van der Waals surface area contributed by atoms with E-state index in [0.29, 0.717) is 6.61 Å². The molecule has 0 saturated heterocycles. The Morgan fingerprint density at radius 3 is 2.65 bits per heavy atom. The first-order valence-corrected chi connectivity index (χ1v) is 6.41. The van der Waals surface area contributed by atoms with Crippen LogP contribution in [0.2, 0.25) is 0 Å². The normalized spacial score (nSPS) is 10.8. The Hall–Kier alpha value is -0.690. The van der Waals surface area contributed by atoms with Crippen molar-refractivity contribution in [2.45, 2.75) is 13.0 Å². The van der Waals surface area contributed by atoms with Gasteiger partial charge in [-0.05, 0) is 6.42 Å². The molecule has 0 aromatic carbocycles. The molecule has 0 atom stereocenters. The van der Waals surface area contributed by atoms with Gasteiger partial charge in [0, 0.05) is 40.1 Å². The minimum Gasteiger partial charge on any atom is -0.391 e. The Morgan fingerprint density at radius 1 is 1.29 bits per heavy atom. The van der Waals surface area contributed by atoms with Crippen molar-refractivity contribution in [3.63, 3.8) is 0 Å². The van der Waals surface area contributed by atoms with Crippen molar-refractivity contribution in [3.05, 3.63) is 11.1 Å². The predicted molar refractivity (Wildman–Crippen MR) is 68.6 cm³/mol. The zero-order valence-electron chi connectivity index (χ0n) is 10.4. The Balaban J connectivity index is 2.54. The number of hydrogen-bond donors (Lipinski definition) is 1. The molecule has 17 heavy (non-hydrogen) atoms. The van der Waals surface area contributed by atoms with Gasteiger partial charge in [0.05, 0.1) is 18.1 Å². The van der Waals surface area contributed by atoms with Crippen LogP contribution < -0.4 is 4.90 Å². The van der Waals surface area contributed by atoms with Crippen LogP contribution in [0.1, 0.15) is 11.3 Å². The lowest BCUT2D eigenvalue weighted by Gasteiger charge is -2.21. The van der Waals surface area contributed by atoms with Gasteiger partial charge in [-0.15, -0.1) is 0 Å². The summed E-state index contributed by atoms with van der Waals surface area (Å²) < 4.78 is 10.1. The number of hydrogen-bond acceptors (Lipinski definition) is 6. The highest BCUT2D eigenvalue weighted by Crippen LogP contribution is 2.22. The molecule has 1 aromatic rings. The first-order chi connectivity index (χ1) is 8.31. The van der Waals surface area contributed by atoms with Crippen LogP contribution in [-0.4, -0.2) is 50.6 Å². The van der Waals surface area contributed by atoms with Gasteiger partial charge in [-0.25, -0.2) is 4.98 Å². The molecule has 0 aliphatic rings. The molecule has 0 saturated carbocycles. The molecule has 0 amide bonds. The minimum atomic E-state index is 0.0495. The molecule has 0 aliphatic heterocycles. The third-order valence-corrected chi connectivity index (χ3v) is 3.35. The van der Waals surface area contributed by atoms with Gasteiger partial charge in [0.1, 0.15) is 0 Å². The number of methoxy groups -OCH3 is 2. The van der Waals surface area contributed by atoms with Crippen LogP contribution in [0.4, 0.5) is 5.13 Å². The van der Waals surface area contributed by atoms with Gasteiger partial charge in [-0.1, -0.05) is 11.3 Å². The highest BCUT2D eigenvalue weighted by Gasteiger charge is 2.10. The second-order valence-corrected chi connectivity index (χ2v) is 4.69. The van der Waals surface area contributed by atoms with Crippen molar-refractivity contribution in [3.8, 4) is 0 Å². The molecule has 0 bridgehead atoms. The third-order valence-electron chi connectivity index (χ3n) is 2.31. The summed E-state index contributed by atoms with van der Waals surface area (Å²) in [7, 11) is 3.39. The Labute approximate surface area is 106 Å². The van der Waals surface area contributed by atoms with E-state index in [1.54, 1.807) is 20.4 Å². The number of rotatable bonds is 9. The fourth-order valence-corrected chi connectivity index (χ4v) is 2.24. The van der Waals surface area contributed by atoms with E-state index in [-0.39, 0.29) is 6.61 Å². The van der Waals surface area contributed by atoms with E-state index in [9.17, 15) is 0 Å². The van der Waals surface area contributed by atoms with Gasteiger partial charge in [-0.2, -0.15) is 0 Å². The standard InChI is InChI=1S/C11H20N2O3S/c1-15-6-3-4-13(5-7-16-2)11-12-8-10(9-14)17-11/h8,14H,3-7,9H2,1-2H3. The van der Waals surface area contributed by atoms with Crippen molar-refractivity contribution in [1.82, 2.24) is 4.98 Å². The van der Waals surface area contributed by atoms with Crippen LogP contribution in [0, 0.1) is 0 Å². The zero-order chi connectivity index (χ0) is 12.5. The first kappa shape index (κ1) is 14.4. The second-order valence-electron chi connectivity index (χ2n) is 3.59. The lowest BCUT2D eigenvalue weighted by Crippen LogP contribution is -2.28. The van der Waals surface area contributed by atoms with Crippen LogP contribution in [-0.2, 0) is 16.1 Å². The highest BCUT2D eigenvalue weighted by molar-refractivity contribution is 7.15. The lowest BCUT2D eigenvalue weighted by molar-refractivity contribution is 0.191. The summed E-state index contributed by atoms with van der Waals surface area (Å²) in [5.41, 5.74) is 0. The van der Waals surface area contributed by atoms with E-state index in [4.69, 9.17) is 14.6 Å². The Morgan fingerprint density at radius 2 is 2.06 bits per heavy atom. The summed E-state index contributed by atoms with van der Waals surface area (Å²) in [6.07, 6.45) is 2.67. The van der Waals surface area contributed by atoms with Gasteiger partial charge in [0.15, 0.2) is 5.13 Å². The van der Waals surface area contributed by atoms with Crippen LogP contribution in [0.15, 0.2) is 6.20 Å². The van der Waals surface area contributed by atoms with E-state index in [2.05, 4.69) is 9.88 Å². The fraction of sp³-hybridized carbons (Fsp3) is 0.727. The molecule has 0 aliphatic carbocycles. The van der Waals surface area contributed by atoms with Gasteiger partial charge >= 0.3 is 0 Å². The molecular weight excluding hydrogens is 240 g/mol. The van der Waals surface area contributed by atoms with Crippen molar-refractivity contribution in [2.24, 2.45) is 0 Å². The molecule has 0 unspecified atom stereocenters. The summed E-state index contributed by atoms with van der Waals surface area (Å²) in [6, 6.07) is 0. The van der Waals surface area contributed by atoms with Gasteiger partial charge < -0.3 is 19.5 Å². The Kier molecular flexibility index (Phi) is 7.11. The maximum atomic E-state index is 9.03. The predicted octanol–water partition coefficient (Wildman–Crippen LogP) is 1.12. The number of aliphatic hydroxyl groups excluding tert-OH is 1. The van der Waals surface area contributed by atoms with E-state index in [1.807, 2.05) is 0 Å². The van der Waals surface area contributed by atoms with Gasteiger partial charge in [0.25, 0.3) is 0 Å². The molecule has 1 N–H and O–H groups in total. The molecule has 1 aromatic heterocycles. The quantitative estimate of drug-likeness (QED) is 0.674. The molecule has 0 fully saturated rings. The first-order valence-electron chi connectivity index (χ1n) is 5.60. The van der Waals surface area contributed by atoms with E-state index in [0.717, 1.165) is 36.1 Å². The fourth-order valence-electron chi connectivity index (χ4n) is 1.42. The molecule has 6 heteroatoms. The monoisotopic (exact) mass is 260 g/mol. The number of aliphatic hydroxyl groups is 1. The van der Waals surface area contributed by atoms with Crippen LogP contribution in [0.25, 0.3) is 0 Å². The van der Waals surface area contributed by atoms with Crippen LogP contribution in [0.3, 0.4) is 0 Å². The third kappa shape index (κ3) is 4.99. The number of aromatic nitrogens is 1. The highest BCUT2D eigenvalue weighted by atomic mass is 32.1. The summed E-state index contributed by atoms with van der Waals surface area (Å²) >= 11 is 1.52. The topological polar surface area (TPSA) is 54.8 Å². The summed E-state index contributed by atoms with van der Waals surface area (Å²) in [5, 5.41) is 9.96. The molecule has 0 spiro atoms. The average molecular weight is 260 g/mol. The van der Waals surface area contributed by atoms with E-state index < -0.39 is 0 Å². The summed E-state index contributed by atoms with van der Waals surface area (Å²) in [4.78, 5) is 7.35. The van der Waals surface area contributed by atoms with Crippen molar-refractivity contribution >= 4 is 16.5 Å². The lowest BCUT2D eigenvalue weighted by atomic mass is 10.4. The number of ether oxygens (including phenoxy) is 2. The minimum absolute atomic E-state index is 0.0495. The van der Waals surface area contributed by atoms with E-state index >= 15 is 0 Å². The molecule has 98 valence electrons. The summed E-state index contributed by atoms with van der Waals surface area (Å²) in [5.74, 6) is 0.